The van der Waals surface area contributed by atoms with E-state index in [4.69, 9.17) is 0 Å². The zero-order valence-corrected chi connectivity index (χ0v) is 19.7. The lowest BCUT2D eigenvalue weighted by Gasteiger charge is -2.23. The van der Waals surface area contributed by atoms with Crippen molar-refractivity contribution in [3.63, 3.8) is 0 Å². The molecule has 3 N–H and O–H groups in total. The van der Waals surface area contributed by atoms with Crippen LogP contribution in [0.4, 0.5) is 0 Å². The third-order valence-electron chi connectivity index (χ3n) is 4.37. The van der Waals surface area contributed by atoms with Crippen LogP contribution in [0.1, 0.15) is 0 Å². The van der Waals surface area contributed by atoms with E-state index in [0.29, 0.717) is 12.7 Å². The summed E-state index contributed by atoms with van der Waals surface area (Å²) in [5.41, 5.74) is 0. The van der Waals surface area contributed by atoms with Gasteiger partial charge in [0.05, 0.1) is 45.8 Å². The van der Waals surface area contributed by atoms with Gasteiger partial charge in [0, 0.05) is 28.2 Å². The number of hydrogen-bond acceptors (Lipinski definition) is 8. The highest BCUT2D eigenvalue weighted by Crippen LogP contribution is 1.93. The number of hydrogen-bond donors (Lipinski definition) is 3. The Morgan fingerprint density at radius 2 is 1.00 bits per heavy atom. The molecule has 0 unspecified atom stereocenters. The number of carbonyl (C=O) groups excluding carboxylic acids is 8. The van der Waals surface area contributed by atoms with Crippen LogP contribution in [-0.2, 0) is 38.4 Å². The molecule has 0 heterocycles. The average Bonchev–Trinajstić information content (AvgIpc) is 2.78. The molecule has 0 radical (unpaired) electrons. The topological polar surface area (TPSA) is 186 Å². The van der Waals surface area contributed by atoms with E-state index in [0.717, 1.165) is 19.6 Å². The van der Waals surface area contributed by atoms with E-state index in [-0.39, 0.29) is 39.3 Å². The number of nitrogens with zero attached hydrogens (tertiary/aromatic N) is 4. The second-order valence-corrected chi connectivity index (χ2v) is 7.25. The molecule has 0 bridgehead atoms. The van der Waals surface area contributed by atoms with Crippen molar-refractivity contribution in [1.82, 2.24) is 35.6 Å². The molecule has 0 aromatic carbocycles. The van der Waals surface area contributed by atoms with Crippen LogP contribution in [0.25, 0.3) is 0 Å². The molecule has 15 nitrogen and oxygen atoms in total. The minimum atomic E-state index is -0.635. The number of rotatable bonds is 15. The standard InChI is InChI=1S/C19H31N7O8/c1-23(9-14(29)21-5-6-27)19(34)12-26(4)17(32)8-22-15(30)10-24(2)18(33)11-25(3)16(31)7-20-13-28/h6,13H,5,7-12H2,1-4H3,(H,20,28)(H,21,29)(H,22,30). The maximum Gasteiger partial charge on any atom is 0.242 e. The molecular weight excluding hydrogens is 454 g/mol. The number of nitrogens with one attached hydrogen (secondary N) is 3. The minimum Gasteiger partial charge on any atom is -0.350 e. The molecule has 0 aromatic rings. The van der Waals surface area contributed by atoms with Crippen LogP contribution in [0, 0.1) is 0 Å². The van der Waals surface area contributed by atoms with Gasteiger partial charge in [0.25, 0.3) is 0 Å². The van der Waals surface area contributed by atoms with Gasteiger partial charge in [-0.1, -0.05) is 0 Å². The van der Waals surface area contributed by atoms with Crippen LogP contribution in [0.15, 0.2) is 0 Å². The van der Waals surface area contributed by atoms with Gasteiger partial charge >= 0.3 is 0 Å². The van der Waals surface area contributed by atoms with E-state index in [1.54, 1.807) is 0 Å². The summed E-state index contributed by atoms with van der Waals surface area (Å²) >= 11 is 0. The Kier molecular flexibility index (Phi) is 13.8. The third-order valence-corrected chi connectivity index (χ3v) is 4.37. The van der Waals surface area contributed by atoms with Crippen LogP contribution in [0.3, 0.4) is 0 Å². The molecule has 7 amide bonds. The Labute approximate surface area is 196 Å². The van der Waals surface area contributed by atoms with Gasteiger partial charge < -0.3 is 40.3 Å². The quantitative estimate of drug-likeness (QED) is 0.192. The summed E-state index contributed by atoms with van der Waals surface area (Å²) in [6, 6.07) is 0. The van der Waals surface area contributed by atoms with E-state index in [1.165, 1.54) is 28.2 Å². The molecule has 0 saturated heterocycles. The summed E-state index contributed by atoms with van der Waals surface area (Å²) in [4.78, 5) is 96.4. The first-order chi connectivity index (χ1) is 15.9. The van der Waals surface area contributed by atoms with Crippen molar-refractivity contribution in [3.8, 4) is 0 Å². The van der Waals surface area contributed by atoms with E-state index < -0.39 is 42.0 Å². The fourth-order valence-corrected chi connectivity index (χ4v) is 2.27. The van der Waals surface area contributed by atoms with Crippen molar-refractivity contribution in [3.05, 3.63) is 0 Å². The predicted octanol–water partition coefficient (Wildman–Crippen LogP) is -5.00. The fraction of sp³-hybridized carbons (Fsp3) is 0.579. The van der Waals surface area contributed by atoms with Crippen LogP contribution in [-0.4, -0.2) is 142 Å². The third kappa shape index (κ3) is 12.1. The van der Waals surface area contributed by atoms with Gasteiger partial charge in [-0.15, -0.1) is 0 Å². The molecule has 0 aliphatic rings. The molecule has 0 atom stereocenters. The number of carbonyl (C=O) groups is 8. The van der Waals surface area contributed by atoms with Crippen LogP contribution in [0.2, 0.25) is 0 Å². The largest absolute Gasteiger partial charge is 0.350 e. The van der Waals surface area contributed by atoms with Crippen molar-refractivity contribution in [2.75, 3.05) is 74.0 Å². The van der Waals surface area contributed by atoms with Crippen molar-refractivity contribution < 1.29 is 38.4 Å². The van der Waals surface area contributed by atoms with Crippen molar-refractivity contribution in [2.24, 2.45) is 0 Å². The van der Waals surface area contributed by atoms with Crippen molar-refractivity contribution in [2.45, 2.75) is 0 Å². The predicted molar refractivity (Wildman–Crippen MR) is 117 cm³/mol. The van der Waals surface area contributed by atoms with E-state index in [1.807, 2.05) is 0 Å². The zero-order chi connectivity index (χ0) is 26.3. The van der Waals surface area contributed by atoms with Gasteiger partial charge in [-0.2, -0.15) is 0 Å². The highest BCUT2D eigenvalue weighted by molar-refractivity contribution is 5.92. The Morgan fingerprint density at radius 3 is 1.44 bits per heavy atom. The molecular formula is C19H31N7O8. The number of aldehydes is 1. The first-order valence-electron chi connectivity index (χ1n) is 10.0. The number of amides is 7. The lowest BCUT2D eigenvalue weighted by molar-refractivity contribution is -0.141. The zero-order valence-electron chi connectivity index (χ0n) is 19.7. The summed E-state index contributed by atoms with van der Waals surface area (Å²) in [6.45, 7) is -2.18. The molecule has 0 aliphatic heterocycles. The average molecular weight is 485 g/mol. The Bertz CT molecular complexity index is 789. The lowest BCUT2D eigenvalue weighted by Crippen LogP contribution is -2.48. The van der Waals surface area contributed by atoms with E-state index in [2.05, 4.69) is 16.0 Å². The SMILES string of the molecule is CN(CC(=O)NCC(=O)N(C)CC(=O)N(C)CC(=O)NCC=O)C(=O)CN(C)C(=O)CNC=O. The molecule has 0 rings (SSSR count). The van der Waals surface area contributed by atoms with Gasteiger partial charge in [0.2, 0.25) is 41.9 Å². The molecule has 0 aliphatic carbocycles. The summed E-state index contributed by atoms with van der Waals surface area (Å²) in [5.74, 6) is -3.31. The monoisotopic (exact) mass is 485 g/mol. The highest BCUT2D eigenvalue weighted by Gasteiger charge is 2.20. The van der Waals surface area contributed by atoms with Crippen molar-refractivity contribution in [1.29, 1.82) is 0 Å². The molecule has 34 heavy (non-hydrogen) atoms. The smallest absolute Gasteiger partial charge is 0.242 e. The second-order valence-electron chi connectivity index (χ2n) is 7.25. The van der Waals surface area contributed by atoms with E-state index in [9.17, 15) is 38.4 Å². The Hall–Kier alpha value is -4.04. The summed E-state index contributed by atoms with van der Waals surface area (Å²) < 4.78 is 0. The van der Waals surface area contributed by atoms with Crippen molar-refractivity contribution >= 4 is 48.1 Å². The minimum absolute atomic E-state index is 0.173. The van der Waals surface area contributed by atoms with E-state index >= 15 is 0 Å². The Balaban J connectivity index is 4.43. The molecule has 0 saturated carbocycles. The molecule has 0 spiro atoms. The van der Waals surface area contributed by atoms with Gasteiger partial charge in [-0.25, -0.2) is 0 Å². The fourth-order valence-electron chi connectivity index (χ4n) is 2.27. The summed E-state index contributed by atoms with van der Waals surface area (Å²) in [6.07, 6.45) is 0.858. The van der Waals surface area contributed by atoms with Crippen LogP contribution in [0.5, 0.6) is 0 Å². The number of likely N-dealkylation sites (N-methyl/N-ethyl adjacent to an activating group) is 4. The van der Waals surface area contributed by atoms with Gasteiger partial charge in [-0.3, -0.25) is 33.6 Å². The maximum atomic E-state index is 12.2. The van der Waals surface area contributed by atoms with Gasteiger partial charge in [-0.05, 0) is 0 Å². The van der Waals surface area contributed by atoms with Gasteiger partial charge in [0.15, 0.2) is 0 Å². The maximum absolute atomic E-state index is 12.2. The molecule has 190 valence electrons. The summed E-state index contributed by atoms with van der Waals surface area (Å²) in [5, 5.41) is 6.80. The first kappa shape index (κ1) is 30.0. The molecule has 0 aromatic heterocycles. The Morgan fingerprint density at radius 1 is 0.588 bits per heavy atom. The second kappa shape index (κ2) is 15.7. The molecule has 0 fully saturated rings. The first-order valence-corrected chi connectivity index (χ1v) is 10.0. The van der Waals surface area contributed by atoms with Crippen LogP contribution < -0.4 is 16.0 Å². The lowest BCUT2D eigenvalue weighted by atomic mass is 10.4. The summed E-state index contributed by atoms with van der Waals surface area (Å²) in [7, 11) is 5.41. The highest BCUT2D eigenvalue weighted by atomic mass is 16.2. The normalized spacial score (nSPS) is 9.76. The van der Waals surface area contributed by atoms with Gasteiger partial charge in [0.1, 0.15) is 6.29 Å². The molecule has 15 heteroatoms. The van der Waals surface area contributed by atoms with Crippen LogP contribution >= 0.6 is 0 Å².